The lowest BCUT2D eigenvalue weighted by Crippen LogP contribution is -2.43. The Bertz CT molecular complexity index is 1780. The molecule has 0 radical (unpaired) electrons. The van der Waals surface area contributed by atoms with Crippen molar-refractivity contribution in [2.45, 2.75) is 57.3 Å². The van der Waals surface area contributed by atoms with Crippen LogP contribution < -0.4 is 21.9 Å². The van der Waals surface area contributed by atoms with Crippen LogP contribution in [0.2, 0.25) is 0 Å². The van der Waals surface area contributed by atoms with Gasteiger partial charge in [-0.15, -0.1) is 11.8 Å². The average molecular weight is 614 g/mol. The van der Waals surface area contributed by atoms with Gasteiger partial charge in [-0.25, -0.2) is 14.6 Å². The Balaban J connectivity index is 1.23. The van der Waals surface area contributed by atoms with E-state index in [9.17, 15) is 19.2 Å². The lowest BCUT2D eigenvalue weighted by atomic mass is 10.0. The number of anilines is 1. The fourth-order valence-corrected chi connectivity index (χ4v) is 6.04. The molecule has 0 atom stereocenters. The minimum absolute atomic E-state index is 0.193. The number of amides is 2. The van der Waals surface area contributed by atoms with E-state index in [0.29, 0.717) is 36.5 Å². The molecule has 1 aliphatic heterocycles. The monoisotopic (exact) mass is 613 g/mol. The van der Waals surface area contributed by atoms with Gasteiger partial charge >= 0.3 is 11.8 Å². The molecule has 2 N–H and O–H groups in total. The number of carbonyl (C=O) groups excluding carboxylic acids is 2. The molecule has 44 heavy (non-hydrogen) atoms. The standard InChI is InChI=1S/C33H35N5O5S/c1-33(2,3)43-31(41)36-26-15-14-25(21-35-26)23-12-7-13-24(20-23)28(39)34-16-8-17-37-29(40)27(22-10-5-4-6-11-22)30-38(32(37)42)18-9-19-44-30/h4-7,10-15,20-21H,8-9,16-19H2,1-3H3,(H,34,39)(H,35,36,41). The first-order valence-electron chi connectivity index (χ1n) is 14.5. The molecule has 3 heterocycles. The Morgan fingerprint density at radius 3 is 2.48 bits per heavy atom. The second-order valence-corrected chi connectivity index (χ2v) is 12.5. The number of pyridine rings is 1. The van der Waals surface area contributed by atoms with Crippen LogP contribution in [0.5, 0.6) is 0 Å². The number of ether oxygens (including phenoxy) is 1. The van der Waals surface area contributed by atoms with Gasteiger partial charge in [-0.1, -0.05) is 42.5 Å². The summed E-state index contributed by atoms with van der Waals surface area (Å²) in [5.41, 5.74) is 2.14. The molecule has 0 unspecified atom stereocenters. The maximum atomic E-state index is 13.5. The summed E-state index contributed by atoms with van der Waals surface area (Å²) in [5.74, 6) is 0.950. The highest BCUT2D eigenvalue weighted by molar-refractivity contribution is 7.99. The van der Waals surface area contributed by atoms with Crippen molar-refractivity contribution in [1.29, 1.82) is 0 Å². The lowest BCUT2D eigenvalue weighted by Gasteiger charge is -2.22. The number of aromatic nitrogens is 3. The van der Waals surface area contributed by atoms with Crippen LogP contribution in [0.25, 0.3) is 22.3 Å². The second-order valence-electron chi connectivity index (χ2n) is 11.4. The van der Waals surface area contributed by atoms with Crippen molar-refractivity contribution >= 4 is 29.6 Å². The molecule has 4 aromatic rings. The first-order chi connectivity index (χ1) is 21.1. The van der Waals surface area contributed by atoms with Crippen LogP contribution in [0, 0.1) is 0 Å². The lowest BCUT2D eigenvalue weighted by molar-refractivity contribution is 0.0635. The first kappa shape index (κ1) is 30.8. The predicted molar refractivity (Wildman–Crippen MR) is 172 cm³/mol. The first-order valence-corrected chi connectivity index (χ1v) is 15.5. The van der Waals surface area contributed by atoms with Gasteiger partial charge in [-0.05, 0) is 69.0 Å². The van der Waals surface area contributed by atoms with Gasteiger partial charge in [-0.3, -0.25) is 24.0 Å². The molecule has 2 aromatic heterocycles. The summed E-state index contributed by atoms with van der Waals surface area (Å²) in [5, 5.41) is 6.23. The van der Waals surface area contributed by atoms with E-state index in [4.69, 9.17) is 4.74 Å². The van der Waals surface area contributed by atoms with E-state index in [1.807, 2.05) is 36.4 Å². The third-order valence-corrected chi connectivity index (χ3v) is 8.09. The molecule has 1 aliphatic rings. The number of hydrogen-bond acceptors (Lipinski definition) is 7. The smallest absolute Gasteiger partial charge is 0.413 e. The van der Waals surface area contributed by atoms with Crippen LogP contribution in [0.1, 0.15) is 44.0 Å². The second kappa shape index (κ2) is 13.3. The molecule has 2 aromatic carbocycles. The zero-order valence-corrected chi connectivity index (χ0v) is 25.8. The molecule has 2 amide bonds. The number of nitrogens with zero attached hydrogens (tertiary/aromatic N) is 3. The van der Waals surface area contributed by atoms with Gasteiger partial charge in [0.25, 0.3) is 11.5 Å². The Hall–Kier alpha value is -4.64. The van der Waals surface area contributed by atoms with Crippen LogP contribution in [0.15, 0.2) is 87.5 Å². The van der Waals surface area contributed by atoms with E-state index in [-0.39, 0.29) is 23.7 Å². The van der Waals surface area contributed by atoms with Gasteiger partial charge in [0.15, 0.2) is 0 Å². The number of thioether (sulfide) groups is 1. The molecule has 0 bridgehead atoms. The molecule has 11 heteroatoms. The fourth-order valence-electron chi connectivity index (χ4n) is 4.90. The summed E-state index contributed by atoms with van der Waals surface area (Å²) >= 11 is 1.55. The maximum Gasteiger partial charge on any atom is 0.413 e. The number of fused-ring (bicyclic) bond motifs is 1. The zero-order chi connectivity index (χ0) is 31.3. The summed E-state index contributed by atoms with van der Waals surface area (Å²) in [4.78, 5) is 56.0. The van der Waals surface area contributed by atoms with Gasteiger partial charge in [0.2, 0.25) is 0 Å². The highest BCUT2D eigenvalue weighted by Crippen LogP contribution is 2.31. The third kappa shape index (κ3) is 7.28. The maximum absolute atomic E-state index is 13.5. The zero-order valence-electron chi connectivity index (χ0n) is 25.0. The molecule has 0 fully saturated rings. The van der Waals surface area contributed by atoms with Crippen molar-refractivity contribution in [2.24, 2.45) is 0 Å². The molecular formula is C33H35N5O5S. The van der Waals surface area contributed by atoms with E-state index < -0.39 is 11.7 Å². The minimum Gasteiger partial charge on any atom is -0.444 e. The van der Waals surface area contributed by atoms with Crippen LogP contribution >= 0.6 is 11.8 Å². The minimum atomic E-state index is -0.618. The van der Waals surface area contributed by atoms with Crippen molar-refractivity contribution in [3.63, 3.8) is 0 Å². The van der Waals surface area contributed by atoms with E-state index in [1.54, 1.807) is 73.6 Å². The fraction of sp³-hybridized carbons (Fsp3) is 0.303. The van der Waals surface area contributed by atoms with Gasteiger partial charge in [0.05, 0.1) is 10.6 Å². The third-order valence-electron chi connectivity index (χ3n) is 6.90. The van der Waals surface area contributed by atoms with Crippen LogP contribution in [0.3, 0.4) is 0 Å². The average Bonchev–Trinajstić information content (AvgIpc) is 3.00. The van der Waals surface area contributed by atoms with E-state index in [0.717, 1.165) is 33.9 Å². The largest absolute Gasteiger partial charge is 0.444 e. The van der Waals surface area contributed by atoms with Crippen molar-refractivity contribution in [3.8, 4) is 22.3 Å². The summed E-state index contributed by atoms with van der Waals surface area (Å²) < 4.78 is 8.25. The van der Waals surface area contributed by atoms with Gasteiger partial charge < -0.3 is 10.1 Å². The summed E-state index contributed by atoms with van der Waals surface area (Å²) in [6.45, 7) is 6.41. The highest BCUT2D eigenvalue weighted by Gasteiger charge is 2.23. The number of rotatable bonds is 8. The topological polar surface area (TPSA) is 124 Å². The number of hydrogen-bond donors (Lipinski definition) is 2. The summed E-state index contributed by atoms with van der Waals surface area (Å²) in [7, 11) is 0. The molecule has 10 nitrogen and oxygen atoms in total. The van der Waals surface area contributed by atoms with E-state index in [1.165, 1.54) is 4.57 Å². The van der Waals surface area contributed by atoms with Crippen molar-refractivity contribution in [3.05, 3.63) is 99.3 Å². The van der Waals surface area contributed by atoms with Crippen LogP contribution in [0.4, 0.5) is 10.6 Å². The molecule has 0 aliphatic carbocycles. The van der Waals surface area contributed by atoms with Gasteiger partial charge in [0, 0.05) is 42.7 Å². The summed E-state index contributed by atoms with van der Waals surface area (Å²) in [6, 6.07) is 20.0. The normalized spacial score (nSPS) is 12.7. The van der Waals surface area contributed by atoms with E-state index >= 15 is 0 Å². The summed E-state index contributed by atoms with van der Waals surface area (Å²) in [6.07, 6.45) is 2.30. The SMILES string of the molecule is CC(C)(C)OC(=O)Nc1ccc(-c2cccc(C(=O)NCCCn3c(=O)c(-c4ccccc4)c4n(c3=O)CCCS4)c2)cn1. The van der Waals surface area contributed by atoms with Crippen LogP contribution in [-0.2, 0) is 17.8 Å². The Morgan fingerprint density at radius 2 is 1.75 bits per heavy atom. The number of benzene rings is 2. The van der Waals surface area contributed by atoms with Crippen molar-refractivity contribution in [1.82, 2.24) is 19.4 Å². The molecule has 5 rings (SSSR count). The Labute approximate surface area is 259 Å². The molecule has 0 spiro atoms. The van der Waals surface area contributed by atoms with E-state index in [2.05, 4.69) is 15.6 Å². The van der Waals surface area contributed by atoms with Gasteiger partial charge in [0.1, 0.15) is 11.4 Å². The highest BCUT2D eigenvalue weighted by atomic mass is 32.2. The van der Waals surface area contributed by atoms with Crippen LogP contribution in [-0.4, -0.2) is 44.0 Å². The van der Waals surface area contributed by atoms with Crippen molar-refractivity contribution < 1.29 is 14.3 Å². The Kier molecular flexibility index (Phi) is 9.34. The molecule has 0 saturated heterocycles. The van der Waals surface area contributed by atoms with Gasteiger partial charge in [-0.2, -0.15) is 0 Å². The van der Waals surface area contributed by atoms with Crippen molar-refractivity contribution in [2.75, 3.05) is 17.6 Å². The molecular weight excluding hydrogens is 578 g/mol. The molecule has 228 valence electrons. The Morgan fingerprint density at radius 1 is 0.977 bits per heavy atom. The predicted octanol–water partition coefficient (Wildman–Crippen LogP) is 5.40. The number of nitrogens with one attached hydrogen (secondary N) is 2. The quantitative estimate of drug-likeness (QED) is 0.201. The number of carbonyl (C=O) groups is 2. The molecule has 0 saturated carbocycles.